The molecule has 20 heavy (non-hydrogen) atoms. The van der Waals surface area contributed by atoms with E-state index in [4.69, 9.17) is 5.11 Å². The zero-order chi connectivity index (χ0) is 14.7. The molecule has 1 fully saturated rings. The number of halogens is 1. The molecule has 0 heterocycles. The summed E-state index contributed by atoms with van der Waals surface area (Å²) in [5.41, 5.74) is 0.744. The average Bonchev–Trinajstić information content (AvgIpc) is 2.37. The Balaban J connectivity index is 2.07. The summed E-state index contributed by atoms with van der Waals surface area (Å²) < 4.78 is 13.5. The molecule has 1 aromatic carbocycles. The minimum absolute atomic E-state index is 0.0189. The van der Waals surface area contributed by atoms with E-state index in [2.05, 4.69) is 11.8 Å². The van der Waals surface area contributed by atoms with Crippen LogP contribution in [0.1, 0.15) is 48.5 Å². The SMILES string of the molecule is CC1CCCC(N(C)Cc2cc(F)cc(C(=O)O)c2)C1. The van der Waals surface area contributed by atoms with Crippen LogP contribution in [-0.2, 0) is 6.54 Å². The molecule has 1 aliphatic carbocycles. The summed E-state index contributed by atoms with van der Waals surface area (Å²) >= 11 is 0. The maximum absolute atomic E-state index is 13.5. The molecule has 0 radical (unpaired) electrons. The maximum Gasteiger partial charge on any atom is 0.335 e. The fraction of sp³-hybridized carbons (Fsp3) is 0.562. The van der Waals surface area contributed by atoms with Crippen molar-refractivity contribution in [2.45, 2.75) is 45.2 Å². The summed E-state index contributed by atoms with van der Waals surface area (Å²) in [5, 5.41) is 8.97. The highest BCUT2D eigenvalue weighted by Crippen LogP contribution is 2.27. The lowest BCUT2D eigenvalue weighted by Gasteiger charge is -2.34. The van der Waals surface area contributed by atoms with Crippen LogP contribution in [0.4, 0.5) is 4.39 Å². The number of hydrogen-bond donors (Lipinski definition) is 1. The zero-order valence-electron chi connectivity index (χ0n) is 12.1. The number of rotatable bonds is 4. The molecule has 0 aromatic heterocycles. The van der Waals surface area contributed by atoms with Crippen molar-refractivity contribution in [2.75, 3.05) is 7.05 Å². The highest BCUT2D eigenvalue weighted by Gasteiger charge is 2.22. The number of carboxylic acid groups (broad SMARTS) is 1. The van der Waals surface area contributed by atoms with E-state index in [1.54, 1.807) is 6.07 Å². The van der Waals surface area contributed by atoms with E-state index in [0.717, 1.165) is 24.0 Å². The van der Waals surface area contributed by atoms with Gasteiger partial charge in [0.25, 0.3) is 0 Å². The molecular formula is C16H22FNO2. The van der Waals surface area contributed by atoms with Crippen molar-refractivity contribution in [1.82, 2.24) is 4.90 Å². The fourth-order valence-electron chi connectivity index (χ4n) is 3.08. The third kappa shape index (κ3) is 3.79. The van der Waals surface area contributed by atoms with Gasteiger partial charge in [0.05, 0.1) is 5.56 Å². The van der Waals surface area contributed by atoms with E-state index in [9.17, 15) is 9.18 Å². The van der Waals surface area contributed by atoms with Crippen molar-refractivity contribution >= 4 is 5.97 Å². The quantitative estimate of drug-likeness (QED) is 0.916. The molecule has 0 aliphatic heterocycles. The molecular weight excluding hydrogens is 257 g/mol. The average molecular weight is 279 g/mol. The maximum atomic E-state index is 13.5. The summed E-state index contributed by atoms with van der Waals surface area (Å²) in [6.45, 7) is 2.86. The first kappa shape index (κ1) is 15.0. The van der Waals surface area contributed by atoms with Gasteiger partial charge in [-0.15, -0.1) is 0 Å². The van der Waals surface area contributed by atoms with Gasteiger partial charge in [-0.05, 0) is 49.6 Å². The molecule has 0 amide bonds. The number of nitrogens with zero attached hydrogens (tertiary/aromatic N) is 1. The van der Waals surface area contributed by atoms with Gasteiger partial charge in [0.2, 0.25) is 0 Å². The topological polar surface area (TPSA) is 40.5 Å². The van der Waals surface area contributed by atoms with Gasteiger partial charge in [-0.3, -0.25) is 4.90 Å². The Kier molecular flexibility index (Phi) is 4.76. The van der Waals surface area contributed by atoms with Gasteiger partial charge in [0, 0.05) is 12.6 Å². The molecule has 0 bridgehead atoms. The van der Waals surface area contributed by atoms with Crippen LogP contribution in [0.2, 0.25) is 0 Å². The van der Waals surface area contributed by atoms with Gasteiger partial charge in [0.15, 0.2) is 0 Å². The first-order chi connectivity index (χ1) is 9.45. The van der Waals surface area contributed by atoms with Crippen LogP contribution >= 0.6 is 0 Å². The van der Waals surface area contributed by atoms with Crippen LogP contribution in [0.15, 0.2) is 18.2 Å². The van der Waals surface area contributed by atoms with Crippen LogP contribution in [-0.4, -0.2) is 29.1 Å². The van der Waals surface area contributed by atoms with Crippen molar-refractivity contribution in [3.63, 3.8) is 0 Å². The fourth-order valence-corrected chi connectivity index (χ4v) is 3.08. The Morgan fingerprint density at radius 1 is 1.40 bits per heavy atom. The van der Waals surface area contributed by atoms with Gasteiger partial charge in [-0.1, -0.05) is 19.8 Å². The Morgan fingerprint density at radius 2 is 2.15 bits per heavy atom. The zero-order valence-corrected chi connectivity index (χ0v) is 12.1. The van der Waals surface area contributed by atoms with E-state index in [-0.39, 0.29) is 5.56 Å². The number of carboxylic acids is 1. The largest absolute Gasteiger partial charge is 0.478 e. The first-order valence-electron chi connectivity index (χ1n) is 7.18. The lowest BCUT2D eigenvalue weighted by Crippen LogP contribution is -2.35. The van der Waals surface area contributed by atoms with Crippen LogP contribution in [0.25, 0.3) is 0 Å². The van der Waals surface area contributed by atoms with Gasteiger partial charge in [-0.2, -0.15) is 0 Å². The van der Waals surface area contributed by atoms with E-state index in [0.29, 0.717) is 12.6 Å². The lowest BCUT2D eigenvalue weighted by molar-refractivity contribution is 0.0696. The Morgan fingerprint density at radius 3 is 2.80 bits per heavy atom. The van der Waals surface area contributed by atoms with Crippen molar-refractivity contribution in [1.29, 1.82) is 0 Å². The molecule has 110 valence electrons. The predicted octanol–water partition coefficient (Wildman–Crippen LogP) is 3.53. The third-order valence-electron chi connectivity index (χ3n) is 4.17. The number of carbonyl (C=O) groups is 1. The Hall–Kier alpha value is -1.42. The molecule has 1 saturated carbocycles. The molecule has 3 nitrogen and oxygen atoms in total. The predicted molar refractivity (Wildman–Crippen MR) is 76.2 cm³/mol. The minimum atomic E-state index is -1.08. The Labute approximate surface area is 119 Å². The number of hydrogen-bond acceptors (Lipinski definition) is 2. The third-order valence-corrected chi connectivity index (χ3v) is 4.17. The first-order valence-corrected chi connectivity index (χ1v) is 7.18. The summed E-state index contributed by atoms with van der Waals surface area (Å²) in [6, 6.07) is 4.56. The van der Waals surface area contributed by atoms with Gasteiger partial charge < -0.3 is 5.11 Å². The minimum Gasteiger partial charge on any atom is -0.478 e. The smallest absolute Gasteiger partial charge is 0.335 e. The van der Waals surface area contributed by atoms with Crippen LogP contribution in [0.5, 0.6) is 0 Å². The lowest BCUT2D eigenvalue weighted by atomic mass is 9.86. The molecule has 2 atom stereocenters. The summed E-state index contributed by atoms with van der Waals surface area (Å²) in [4.78, 5) is 13.2. The molecule has 2 rings (SSSR count). The van der Waals surface area contributed by atoms with E-state index in [1.165, 1.54) is 25.3 Å². The van der Waals surface area contributed by atoms with Gasteiger partial charge in [-0.25, -0.2) is 9.18 Å². The standard InChI is InChI=1S/C16H22FNO2/c1-11-4-3-5-15(6-11)18(2)10-12-7-13(16(19)20)9-14(17)8-12/h7-9,11,15H,3-6,10H2,1-2H3,(H,19,20). The van der Waals surface area contributed by atoms with Crippen LogP contribution in [0.3, 0.4) is 0 Å². The molecule has 1 aromatic rings. The molecule has 2 unspecified atom stereocenters. The van der Waals surface area contributed by atoms with Crippen molar-refractivity contribution in [3.8, 4) is 0 Å². The molecule has 0 saturated heterocycles. The van der Waals surface area contributed by atoms with E-state index >= 15 is 0 Å². The summed E-state index contributed by atoms with van der Waals surface area (Å²) in [6.07, 6.45) is 4.85. The second kappa shape index (κ2) is 6.35. The van der Waals surface area contributed by atoms with E-state index < -0.39 is 11.8 Å². The monoisotopic (exact) mass is 279 g/mol. The second-order valence-corrected chi connectivity index (χ2v) is 5.99. The number of aromatic carboxylic acids is 1. The highest BCUT2D eigenvalue weighted by atomic mass is 19.1. The van der Waals surface area contributed by atoms with Crippen molar-refractivity contribution in [3.05, 3.63) is 35.1 Å². The molecule has 4 heteroatoms. The van der Waals surface area contributed by atoms with E-state index in [1.807, 2.05) is 7.05 Å². The van der Waals surface area contributed by atoms with Crippen LogP contribution in [0, 0.1) is 11.7 Å². The molecule has 1 aliphatic rings. The molecule has 0 spiro atoms. The highest BCUT2D eigenvalue weighted by molar-refractivity contribution is 5.87. The van der Waals surface area contributed by atoms with Crippen molar-refractivity contribution < 1.29 is 14.3 Å². The normalized spacial score (nSPS) is 23.0. The summed E-state index contributed by atoms with van der Waals surface area (Å²) in [7, 11) is 2.04. The summed E-state index contributed by atoms with van der Waals surface area (Å²) in [5.74, 6) is -0.830. The second-order valence-electron chi connectivity index (χ2n) is 5.99. The van der Waals surface area contributed by atoms with Crippen LogP contribution < -0.4 is 0 Å². The number of benzene rings is 1. The molecule has 1 N–H and O–H groups in total. The van der Waals surface area contributed by atoms with Gasteiger partial charge >= 0.3 is 5.97 Å². The Bertz CT molecular complexity index is 489. The van der Waals surface area contributed by atoms with Crippen molar-refractivity contribution in [2.24, 2.45) is 5.92 Å². The van der Waals surface area contributed by atoms with Gasteiger partial charge in [0.1, 0.15) is 5.82 Å².